The van der Waals surface area contributed by atoms with Crippen LogP contribution < -0.4 is 10.5 Å². The number of primary amides is 1. The van der Waals surface area contributed by atoms with E-state index in [0.717, 1.165) is 49.7 Å². The lowest BCUT2D eigenvalue weighted by Gasteiger charge is -2.26. The molecule has 0 saturated carbocycles. The predicted molar refractivity (Wildman–Crippen MR) is 93.1 cm³/mol. The van der Waals surface area contributed by atoms with E-state index in [9.17, 15) is 4.79 Å². The van der Waals surface area contributed by atoms with E-state index in [4.69, 9.17) is 15.2 Å². The Morgan fingerprint density at radius 3 is 2.54 bits per heavy atom. The van der Waals surface area contributed by atoms with Crippen molar-refractivity contribution in [1.82, 2.24) is 4.90 Å². The van der Waals surface area contributed by atoms with Crippen LogP contribution in [0.2, 0.25) is 0 Å². The Kier molecular flexibility index (Phi) is 5.46. The molecule has 1 aliphatic rings. The first-order valence-electron chi connectivity index (χ1n) is 8.15. The van der Waals surface area contributed by atoms with Crippen molar-refractivity contribution in [3.63, 3.8) is 0 Å². The number of nitrogens with two attached hydrogens (primary N) is 1. The number of morpholine rings is 1. The highest BCUT2D eigenvalue weighted by Crippen LogP contribution is 2.23. The van der Waals surface area contributed by atoms with Crippen molar-refractivity contribution in [2.24, 2.45) is 5.73 Å². The molecule has 3 rings (SSSR count). The molecule has 1 amide bonds. The largest absolute Gasteiger partial charge is 0.492 e. The van der Waals surface area contributed by atoms with Gasteiger partial charge in [-0.3, -0.25) is 9.69 Å². The Bertz CT molecular complexity index is 679. The molecule has 0 aromatic heterocycles. The van der Waals surface area contributed by atoms with E-state index in [1.54, 1.807) is 12.1 Å². The van der Waals surface area contributed by atoms with E-state index in [2.05, 4.69) is 4.90 Å². The molecule has 0 bridgehead atoms. The van der Waals surface area contributed by atoms with Crippen LogP contribution in [-0.4, -0.2) is 50.3 Å². The predicted octanol–water partition coefficient (Wildman–Crippen LogP) is 2.16. The van der Waals surface area contributed by atoms with Gasteiger partial charge in [0, 0.05) is 25.2 Å². The summed E-state index contributed by atoms with van der Waals surface area (Å²) in [6.07, 6.45) is 0. The molecule has 0 spiro atoms. The fourth-order valence-electron chi connectivity index (χ4n) is 2.71. The Labute approximate surface area is 142 Å². The first-order valence-corrected chi connectivity index (χ1v) is 8.15. The van der Waals surface area contributed by atoms with Crippen molar-refractivity contribution in [3.05, 3.63) is 54.1 Å². The molecule has 2 aromatic rings. The van der Waals surface area contributed by atoms with E-state index in [1.165, 1.54) is 0 Å². The molecule has 24 heavy (non-hydrogen) atoms. The maximum absolute atomic E-state index is 11.3. The fraction of sp³-hybridized carbons (Fsp3) is 0.316. The zero-order chi connectivity index (χ0) is 16.8. The number of carbonyl (C=O) groups is 1. The van der Waals surface area contributed by atoms with E-state index in [0.29, 0.717) is 12.2 Å². The Morgan fingerprint density at radius 1 is 1.08 bits per heavy atom. The molecular weight excluding hydrogens is 304 g/mol. The summed E-state index contributed by atoms with van der Waals surface area (Å²) in [6.45, 7) is 5.12. The molecule has 126 valence electrons. The van der Waals surface area contributed by atoms with Crippen molar-refractivity contribution >= 4 is 5.91 Å². The summed E-state index contributed by atoms with van der Waals surface area (Å²) < 4.78 is 11.1. The van der Waals surface area contributed by atoms with Gasteiger partial charge in [0.2, 0.25) is 5.91 Å². The number of rotatable bonds is 6. The second kappa shape index (κ2) is 7.95. The van der Waals surface area contributed by atoms with Gasteiger partial charge in [0.1, 0.15) is 12.4 Å². The van der Waals surface area contributed by atoms with Crippen molar-refractivity contribution < 1.29 is 14.3 Å². The first-order chi connectivity index (χ1) is 11.7. The normalized spacial score (nSPS) is 15.2. The average Bonchev–Trinajstić information content (AvgIpc) is 2.63. The molecule has 1 fully saturated rings. The zero-order valence-electron chi connectivity index (χ0n) is 13.6. The van der Waals surface area contributed by atoms with Crippen LogP contribution in [0.25, 0.3) is 11.1 Å². The maximum Gasteiger partial charge on any atom is 0.248 e. The molecule has 0 aliphatic carbocycles. The molecule has 0 radical (unpaired) electrons. The fourth-order valence-corrected chi connectivity index (χ4v) is 2.71. The third-order valence-corrected chi connectivity index (χ3v) is 4.11. The van der Waals surface area contributed by atoms with Crippen molar-refractivity contribution in [2.75, 3.05) is 39.5 Å². The minimum absolute atomic E-state index is 0.417. The van der Waals surface area contributed by atoms with Gasteiger partial charge in [0.05, 0.1) is 13.2 Å². The lowest BCUT2D eigenvalue weighted by Crippen LogP contribution is -2.38. The average molecular weight is 326 g/mol. The van der Waals surface area contributed by atoms with E-state index >= 15 is 0 Å². The van der Waals surface area contributed by atoms with Crippen LogP contribution in [0.15, 0.2) is 48.5 Å². The van der Waals surface area contributed by atoms with Crippen LogP contribution in [0.3, 0.4) is 0 Å². The second-order valence-corrected chi connectivity index (χ2v) is 5.77. The van der Waals surface area contributed by atoms with Gasteiger partial charge in [-0.05, 0) is 35.4 Å². The molecule has 5 nitrogen and oxygen atoms in total. The van der Waals surface area contributed by atoms with Crippen molar-refractivity contribution in [3.8, 4) is 16.9 Å². The smallest absolute Gasteiger partial charge is 0.248 e. The van der Waals surface area contributed by atoms with Crippen LogP contribution in [0.1, 0.15) is 10.4 Å². The van der Waals surface area contributed by atoms with Crippen molar-refractivity contribution in [2.45, 2.75) is 0 Å². The number of benzene rings is 2. The summed E-state index contributed by atoms with van der Waals surface area (Å²) in [4.78, 5) is 13.6. The summed E-state index contributed by atoms with van der Waals surface area (Å²) in [5.74, 6) is 0.429. The summed E-state index contributed by atoms with van der Waals surface area (Å²) in [6, 6.07) is 15.2. The molecule has 2 aromatic carbocycles. The maximum atomic E-state index is 11.3. The molecule has 5 heteroatoms. The number of ether oxygens (including phenoxy) is 2. The van der Waals surface area contributed by atoms with Crippen LogP contribution in [-0.2, 0) is 4.74 Å². The van der Waals surface area contributed by atoms with Gasteiger partial charge in [0.25, 0.3) is 0 Å². The van der Waals surface area contributed by atoms with E-state index in [1.807, 2.05) is 36.4 Å². The number of amides is 1. The van der Waals surface area contributed by atoms with Gasteiger partial charge in [-0.1, -0.05) is 24.3 Å². The lowest BCUT2D eigenvalue weighted by atomic mass is 10.0. The van der Waals surface area contributed by atoms with Crippen LogP contribution in [0, 0.1) is 0 Å². The van der Waals surface area contributed by atoms with Gasteiger partial charge in [-0.15, -0.1) is 0 Å². The van der Waals surface area contributed by atoms with Gasteiger partial charge < -0.3 is 15.2 Å². The topological polar surface area (TPSA) is 64.8 Å². The number of nitrogens with zero attached hydrogens (tertiary/aromatic N) is 1. The Morgan fingerprint density at radius 2 is 1.83 bits per heavy atom. The minimum atomic E-state index is -0.417. The minimum Gasteiger partial charge on any atom is -0.492 e. The van der Waals surface area contributed by atoms with Crippen LogP contribution >= 0.6 is 0 Å². The van der Waals surface area contributed by atoms with Gasteiger partial charge in [-0.2, -0.15) is 0 Å². The second-order valence-electron chi connectivity index (χ2n) is 5.77. The van der Waals surface area contributed by atoms with E-state index < -0.39 is 5.91 Å². The standard InChI is InChI=1S/C19H22N2O3/c20-19(22)17-3-1-2-16(14-17)15-4-6-18(7-5-15)24-13-10-21-8-11-23-12-9-21/h1-7,14H,8-13H2,(H2,20,22). The molecule has 1 saturated heterocycles. The molecule has 1 aliphatic heterocycles. The monoisotopic (exact) mass is 326 g/mol. The van der Waals surface area contributed by atoms with Crippen LogP contribution in [0.5, 0.6) is 5.75 Å². The zero-order valence-corrected chi connectivity index (χ0v) is 13.6. The summed E-state index contributed by atoms with van der Waals surface area (Å²) in [5.41, 5.74) is 7.83. The van der Waals surface area contributed by atoms with E-state index in [-0.39, 0.29) is 0 Å². The number of hydrogen-bond donors (Lipinski definition) is 1. The Balaban J connectivity index is 1.57. The molecule has 1 heterocycles. The quantitative estimate of drug-likeness (QED) is 0.883. The number of carbonyl (C=O) groups excluding carboxylic acids is 1. The highest BCUT2D eigenvalue weighted by molar-refractivity contribution is 5.94. The molecule has 0 atom stereocenters. The third-order valence-electron chi connectivity index (χ3n) is 4.11. The Hall–Kier alpha value is -2.37. The third kappa shape index (κ3) is 4.34. The van der Waals surface area contributed by atoms with Gasteiger partial charge >= 0.3 is 0 Å². The van der Waals surface area contributed by atoms with Crippen LogP contribution in [0.4, 0.5) is 0 Å². The molecule has 2 N–H and O–H groups in total. The number of hydrogen-bond acceptors (Lipinski definition) is 4. The van der Waals surface area contributed by atoms with Crippen molar-refractivity contribution in [1.29, 1.82) is 0 Å². The highest BCUT2D eigenvalue weighted by Gasteiger charge is 2.09. The first kappa shape index (κ1) is 16.5. The van der Waals surface area contributed by atoms with Gasteiger partial charge in [-0.25, -0.2) is 0 Å². The summed E-state index contributed by atoms with van der Waals surface area (Å²) in [5, 5.41) is 0. The lowest BCUT2D eigenvalue weighted by molar-refractivity contribution is 0.0322. The molecular formula is C19H22N2O3. The molecule has 0 unspecified atom stereocenters. The summed E-state index contributed by atoms with van der Waals surface area (Å²) >= 11 is 0. The van der Waals surface area contributed by atoms with Gasteiger partial charge in [0.15, 0.2) is 0 Å². The summed E-state index contributed by atoms with van der Waals surface area (Å²) in [7, 11) is 0. The highest BCUT2D eigenvalue weighted by atomic mass is 16.5. The SMILES string of the molecule is NC(=O)c1cccc(-c2ccc(OCCN3CCOCC3)cc2)c1.